The quantitative estimate of drug-likeness (QED) is 0.659. The van der Waals surface area contributed by atoms with Crippen LogP contribution in [0.25, 0.3) is 0 Å². The summed E-state index contributed by atoms with van der Waals surface area (Å²) in [5, 5.41) is 0. The zero-order valence-electron chi connectivity index (χ0n) is 7.25. The molecule has 0 spiro atoms. The number of carbonyl (C=O) groups excluding carboxylic acids is 1. The predicted octanol–water partition coefficient (Wildman–Crippen LogP) is 0.674. The average molecular weight is 186 g/mol. The Balaban J connectivity index is 2.65. The molecular weight excluding hydrogens is 172 g/mol. The molecule has 1 fully saturated rings. The van der Waals surface area contributed by atoms with Crippen molar-refractivity contribution in [2.45, 2.75) is 32.2 Å². The number of rotatable bonds is 3. The van der Waals surface area contributed by atoms with Crippen molar-refractivity contribution >= 4 is 23.1 Å². The number of hydrogen-bond acceptors (Lipinski definition) is 2. The minimum absolute atomic E-state index is 0.0185. The molecule has 1 amide bonds. The average Bonchev–Trinajstić information content (AvgIpc) is 2.38. The molecule has 0 radical (unpaired) electrons. The zero-order chi connectivity index (χ0) is 9.14. The van der Waals surface area contributed by atoms with Gasteiger partial charge in [0.05, 0.1) is 11.0 Å². The first-order chi connectivity index (χ1) is 5.66. The van der Waals surface area contributed by atoms with Crippen molar-refractivity contribution in [1.82, 2.24) is 4.90 Å². The van der Waals surface area contributed by atoms with E-state index in [2.05, 4.69) is 0 Å². The van der Waals surface area contributed by atoms with Gasteiger partial charge in [-0.25, -0.2) is 0 Å². The predicted molar refractivity (Wildman–Crippen MR) is 51.8 cm³/mol. The van der Waals surface area contributed by atoms with Crippen LogP contribution >= 0.6 is 12.2 Å². The lowest BCUT2D eigenvalue weighted by molar-refractivity contribution is -0.128. The van der Waals surface area contributed by atoms with E-state index in [9.17, 15) is 4.79 Å². The molecule has 1 atom stereocenters. The lowest BCUT2D eigenvalue weighted by atomic mass is 10.2. The van der Waals surface area contributed by atoms with Crippen LogP contribution in [-0.2, 0) is 4.79 Å². The second-order valence-electron chi connectivity index (χ2n) is 3.02. The molecular formula is C8H14N2OS. The van der Waals surface area contributed by atoms with E-state index in [1.54, 1.807) is 4.90 Å². The van der Waals surface area contributed by atoms with Crippen LogP contribution in [0.1, 0.15) is 26.2 Å². The molecule has 0 aromatic heterocycles. The number of carbonyl (C=O) groups is 1. The summed E-state index contributed by atoms with van der Waals surface area (Å²) in [7, 11) is 0. The summed E-state index contributed by atoms with van der Waals surface area (Å²) in [6, 6.07) is -0.0185. The van der Waals surface area contributed by atoms with Crippen molar-refractivity contribution in [2.24, 2.45) is 5.73 Å². The van der Waals surface area contributed by atoms with Crippen LogP contribution in [0.5, 0.6) is 0 Å². The maximum Gasteiger partial charge on any atom is 0.223 e. The molecule has 2 N–H and O–H groups in total. The normalized spacial score (nSPS) is 19.8. The highest BCUT2D eigenvalue weighted by atomic mass is 32.1. The van der Waals surface area contributed by atoms with Gasteiger partial charge >= 0.3 is 0 Å². The molecule has 0 unspecified atom stereocenters. The summed E-state index contributed by atoms with van der Waals surface area (Å²) in [6.07, 6.45) is 2.41. The van der Waals surface area contributed by atoms with Gasteiger partial charge in [0.1, 0.15) is 0 Å². The Morgan fingerprint density at radius 3 is 2.83 bits per heavy atom. The van der Waals surface area contributed by atoms with Gasteiger partial charge in [-0.3, -0.25) is 4.79 Å². The maximum absolute atomic E-state index is 11.3. The minimum Gasteiger partial charge on any atom is -0.392 e. The summed E-state index contributed by atoms with van der Waals surface area (Å²) in [4.78, 5) is 13.5. The van der Waals surface area contributed by atoms with Crippen molar-refractivity contribution in [1.29, 1.82) is 0 Å². The van der Waals surface area contributed by atoms with Crippen LogP contribution in [-0.4, -0.2) is 28.4 Å². The van der Waals surface area contributed by atoms with Crippen LogP contribution in [0, 0.1) is 0 Å². The van der Waals surface area contributed by atoms with Crippen LogP contribution < -0.4 is 5.73 Å². The monoisotopic (exact) mass is 186 g/mol. The van der Waals surface area contributed by atoms with Crippen LogP contribution in [0.3, 0.4) is 0 Å². The van der Waals surface area contributed by atoms with Gasteiger partial charge in [-0.1, -0.05) is 19.1 Å². The number of nitrogens with two attached hydrogens (primary N) is 1. The Morgan fingerprint density at radius 2 is 2.50 bits per heavy atom. The number of likely N-dealkylation sites (tertiary alicyclic amines) is 1. The molecule has 1 rings (SSSR count). The zero-order valence-corrected chi connectivity index (χ0v) is 8.06. The van der Waals surface area contributed by atoms with E-state index in [1.165, 1.54) is 0 Å². The standard InChI is InChI=1S/C8H14N2OS/c1-2-6(8(9)12)10-5-3-4-7(10)11/h6H,2-5H2,1H3,(H2,9,12)/t6-/m0/s1. The third kappa shape index (κ3) is 1.75. The van der Waals surface area contributed by atoms with Gasteiger partial charge in [0.25, 0.3) is 0 Å². The summed E-state index contributed by atoms with van der Waals surface area (Å²) >= 11 is 4.89. The van der Waals surface area contributed by atoms with Crippen LogP contribution in [0.4, 0.5) is 0 Å². The molecule has 1 aliphatic rings. The highest BCUT2D eigenvalue weighted by Crippen LogP contribution is 2.15. The van der Waals surface area contributed by atoms with Crippen molar-refractivity contribution in [2.75, 3.05) is 6.54 Å². The topological polar surface area (TPSA) is 46.3 Å². The molecule has 3 nitrogen and oxygen atoms in total. The molecule has 1 saturated heterocycles. The lowest BCUT2D eigenvalue weighted by Crippen LogP contribution is -2.43. The Kier molecular flexibility index (Phi) is 3.03. The third-order valence-corrected chi connectivity index (χ3v) is 2.47. The van der Waals surface area contributed by atoms with E-state index in [4.69, 9.17) is 18.0 Å². The first-order valence-electron chi connectivity index (χ1n) is 4.25. The van der Waals surface area contributed by atoms with E-state index >= 15 is 0 Å². The van der Waals surface area contributed by atoms with Gasteiger partial charge < -0.3 is 10.6 Å². The van der Waals surface area contributed by atoms with Crippen molar-refractivity contribution < 1.29 is 4.79 Å². The fourth-order valence-corrected chi connectivity index (χ4v) is 1.87. The van der Waals surface area contributed by atoms with Gasteiger partial charge in [-0.05, 0) is 12.8 Å². The highest BCUT2D eigenvalue weighted by molar-refractivity contribution is 7.80. The molecule has 4 heteroatoms. The maximum atomic E-state index is 11.3. The van der Waals surface area contributed by atoms with Gasteiger partial charge in [0.15, 0.2) is 0 Å². The fourth-order valence-electron chi connectivity index (χ4n) is 1.57. The second-order valence-corrected chi connectivity index (χ2v) is 3.49. The van der Waals surface area contributed by atoms with Crippen molar-refractivity contribution in [3.05, 3.63) is 0 Å². The number of thiocarbonyl (C=S) groups is 1. The number of nitrogens with zero attached hydrogens (tertiary/aromatic N) is 1. The fraction of sp³-hybridized carbons (Fsp3) is 0.750. The van der Waals surface area contributed by atoms with E-state index in [-0.39, 0.29) is 11.9 Å². The van der Waals surface area contributed by atoms with Gasteiger partial charge in [0.2, 0.25) is 5.91 Å². The van der Waals surface area contributed by atoms with E-state index in [0.717, 1.165) is 19.4 Å². The second kappa shape index (κ2) is 3.85. The molecule has 1 aliphatic heterocycles. The van der Waals surface area contributed by atoms with Crippen LogP contribution in [0.15, 0.2) is 0 Å². The summed E-state index contributed by atoms with van der Waals surface area (Å²) in [5.74, 6) is 0.189. The Labute approximate surface area is 77.9 Å². The van der Waals surface area contributed by atoms with Gasteiger partial charge in [-0.2, -0.15) is 0 Å². The first-order valence-corrected chi connectivity index (χ1v) is 4.66. The van der Waals surface area contributed by atoms with Crippen molar-refractivity contribution in [3.63, 3.8) is 0 Å². The smallest absolute Gasteiger partial charge is 0.223 e. The molecule has 0 aromatic rings. The third-order valence-electron chi connectivity index (χ3n) is 2.20. The Hall–Kier alpha value is -0.640. The first kappa shape index (κ1) is 9.45. The van der Waals surface area contributed by atoms with Crippen molar-refractivity contribution in [3.8, 4) is 0 Å². The molecule has 68 valence electrons. The van der Waals surface area contributed by atoms with E-state index in [1.807, 2.05) is 6.92 Å². The summed E-state index contributed by atoms with van der Waals surface area (Å²) in [5.41, 5.74) is 5.53. The minimum atomic E-state index is -0.0185. The Bertz CT molecular complexity index is 205. The molecule has 0 aromatic carbocycles. The number of amides is 1. The molecule has 0 aliphatic carbocycles. The summed E-state index contributed by atoms with van der Waals surface area (Å²) < 4.78 is 0. The van der Waals surface area contributed by atoms with E-state index < -0.39 is 0 Å². The SMILES string of the molecule is CC[C@@H](C(N)=S)N1CCCC1=O. The van der Waals surface area contributed by atoms with Gasteiger partial charge in [-0.15, -0.1) is 0 Å². The van der Waals surface area contributed by atoms with E-state index in [0.29, 0.717) is 11.4 Å². The molecule has 0 bridgehead atoms. The van der Waals surface area contributed by atoms with Gasteiger partial charge in [0, 0.05) is 13.0 Å². The summed E-state index contributed by atoms with van der Waals surface area (Å²) in [6.45, 7) is 2.81. The lowest BCUT2D eigenvalue weighted by Gasteiger charge is -2.25. The molecule has 0 saturated carbocycles. The molecule has 1 heterocycles. The molecule has 12 heavy (non-hydrogen) atoms. The largest absolute Gasteiger partial charge is 0.392 e. The van der Waals surface area contributed by atoms with Crippen LogP contribution in [0.2, 0.25) is 0 Å². The Morgan fingerprint density at radius 1 is 1.83 bits per heavy atom. The highest BCUT2D eigenvalue weighted by Gasteiger charge is 2.27. The number of hydrogen-bond donors (Lipinski definition) is 1.